The largest absolute Gasteiger partial charge is 0.491 e. The fourth-order valence-electron chi connectivity index (χ4n) is 4.44. The number of rotatable bonds is 8. The van der Waals surface area contributed by atoms with Gasteiger partial charge in [0.15, 0.2) is 0 Å². The van der Waals surface area contributed by atoms with Crippen molar-refractivity contribution < 1.29 is 41.7 Å². The third kappa shape index (κ3) is 5.17. The maximum Gasteiger partial charge on any atom is 0.416 e. The van der Waals surface area contributed by atoms with Gasteiger partial charge in [-0.15, -0.1) is 5.10 Å². The van der Waals surface area contributed by atoms with E-state index in [4.69, 9.17) is 18.9 Å². The first-order chi connectivity index (χ1) is 19.0. The van der Waals surface area contributed by atoms with Crippen molar-refractivity contribution in [3.8, 4) is 5.75 Å². The van der Waals surface area contributed by atoms with Gasteiger partial charge in [0.05, 0.1) is 37.5 Å². The highest BCUT2D eigenvalue weighted by Crippen LogP contribution is 2.44. The molecule has 1 aliphatic heterocycles. The minimum atomic E-state index is -4.64. The number of esters is 2. The quantitative estimate of drug-likeness (QED) is 0.324. The molecule has 0 fully saturated rings. The molecule has 11 nitrogen and oxygen atoms in total. The molecule has 40 heavy (non-hydrogen) atoms. The molecule has 14 heteroatoms. The summed E-state index contributed by atoms with van der Waals surface area (Å²) in [6.07, 6.45) is -4.64. The van der Waals surface area contributed by atoms with Crippen molar-refractivity contribution in [1.82, 2.24) is 14.8 Å². The molecule has 0 saturated carbocycles. The number of carbonyl (C=O) groups is 2. The normalized spacial score (nSPS) is 15.1. The number of allylic oxidation sites excluding steroid dienone is 1. The molecule has 1 unspecified atom stereocenters. The molecule has 4 rings (SSSR count). The molecule has 0 bridgehead atoms. The van der Waals surface area contributed by atoms with Gasteiger partial charge in [0.1, 0.15) is 18.4 Å². The molecule has 0 amide bonds. The topological polar surface area (TPSA) is 125 Å². The molecule has 1 aliphatic rings. The number of ether oxygens (including phenoxy) is 4. The first-order valence-electron chi connectivity index (χ1n) is 11.8. The number of hydrogen-bond acceptors (Lipinski definition) is 9. The maximum absolute atomic E-state index is 13.5. The molecular formula is C26H25F3N4O7. The summed E-state index contributed by atoms with van der Waals surface area (Å²) in [6, 6.07) is 7.49. The Balaban J connectivity index is 1.99. The third-order valence-corrected chi connectivity index (χ3v) is 6.25. The first kappa shape index (κ1) is 28.4. The van der Waals surface area contributed by atoms with Crippen LogP contribution in [0.25, 0.3) is 0 Å². The molecule has 2 aromatic carbocycles. The van der Waals surface area contributed by atoms with E-state index in [-0.39, 0.29) is 53.0 Å². The number of halogens is 3. The van der Waals surface area contributed by atoms with Crippen LogP contribution < -0.4 is 15.3 Å². The number of aromatic amines is 1. The Morgan fingerprint density at radius 2 is 1.75 bits per heavy atom. The number of alkyl halides is 3. The van der Waals surface area contributed by atoms with Gasteiger partial charge in [-0.25, -0.2) is 24.0 Å². The SMILES string of the molecule is COCCOc1cc(C(=O)OC)ccc1C1C(C(=O)OC)=C(C)N(c2cccc(C(F)(F)F)c2)c2n[nH]c(=O)n21. The second-order valence-corrected chi connectivity index (χ2v) is 8.56. The summed E-state index contributed by atoms with van der Waals surface area (Å²) in [7, 11) is 3.82. The zero-order chi connectivity index (χ0) is 29.2. The lowest BCUT2D eigenvalue weighted by molar-refractivity contribution is -0.138. The third-order valence-electron chi connectivity index (χ3n) is 6.25. The summed E-state index contributed by atoms with van der Waals surface area (Å²) in [5.74, 6) is -1.45. The second-order valence-electron chi connectivity index (χ2n) is 8.56. The van der Waals surface area contributed by atoms with Gasteiger partial charge < -0.3 is 18.9 Å². The van der Waals surface area contributed by atoms with Crippen molar-refractivity contribution in [2.45, 2.75) is 19.1 Å². The molecule has 1 aromatic heterocycles. The van der Waals surface area contributed by atoms with Crippen molar-refractivity contribution in [2.24, 2.45) is 0 Å². The Hall–Kier alpha value is -4.59. The zero-order valence-corrected chi connectivity index (χ0v) is 21.9. The number of H-pyrrole nitrogens is 1. The van der Waals surface area contributed by atoms with Gasteiger partial charge in [0, 0.05) is 24.1 Å². The molecular weight excluding hydrogens is 537 g/mol. The average molecular weight is 563 g/mol. The molecule has 0 spiro atoms. The minimum Gasteiger partial charge on any atom is -0.491 e. The minimum absolute atomic E-state index is 0.00466. The number of anilines is 2. The van der Waals surface area contributed by atoms with Crippen molar-refractivity contribution in [3.05, 3.63) is 80.9 Å². The number of nitrogens with zero attached hydrogens (tertiary/aromatic N) is 3. The number of benzene rings is 2. The smallest absolute Gasteiger partial charge is 0.416 e. The highest BCUT2D eigenvalue weighted by molar-refractivity contribution is 5.94. The molecule has 212 valence electrons. The van der Waals surface area contributed by atoms with Crippen LogP contribution in [0, 0.1) is 0 Å². The van der Waals surface area contributed by atoms with Crippen LogP contribution in [-0.4, -0.2) is 61.2 Å². The lowest BCUT2D eigenvalue weighted by Crippen LogP contribution is -2.38. The first-order valence-corrected chi connectivity index (χ1v) is 11.8. The lowest BCUT2D eigenvalue weighted by Gasteiger charge is -2.36. The Bertz CT molecular complexity index is 1530. The van der Waals surface area contributed by atoms with E-state index >= 15 is 0 Å². The number of carbonyl (C=O) groups excluding carboxylic acids is 2. The van der Waals surface area contributed by atoms with Gasteiger partial charge in [-0.05, 0) is 37.3 Å². The van der Waals surface area contributed by atoms with Crippen LogP contribution in [0.2, 0.25) is 0 Å². The molecule has 0 aliphatic carbocycles. The van der Waals surface area contributed by atoms with Gasteiger partial charge in [-0.3, -0.25) is 4.90 Å². The van der Waals surface area contributed by atoms with Crippen molar-refractivity contribution in [3.63, 3.8) is 0 Å². The Morgan fingerprint density at radius 3 is 2.40 bits per heavy atom. The van der Waals surface area contributed by atoms with Gasteiger partial charge in [0.2, 0.25) is 5.95 Å². The van der Waals surface area contributed by atoms with E-state index in [0.29, 0.717) is 0 Å². The standard InChI is InChI=1S/C26H25F3N4O7/c1-14-20(23(35)39-4)21(18-9-8-15(22(34)38-3)12-19(18)40-11-10-37-2)33-24(30-31-25(33)36)32(14)17-7-5-6-16(13-17)26(27,28)29/h5-9,12-13,21H,10-11H2,1-4H3,(H,31,36). The highest BCUT2D eigenvalue weighted by Gasteiger charge is 2.41. The number of fused-ring (bicyclic) bond motifs is 1. The van der Waals surface area contributed by atoms with Crippen LogP contribution in [0.3, 0.4) is 0 Å². The van der Waals surface area contributed by atoms with Gasteiger partial charge in [-0.1, -0.05) is 12.1 Å². The highest BCUT2D eigenvalue weighted by atomic mass is 19.4. The average Bonchev–Trinajstić information content (AvgIpc) is 3.31. The monoisotopic (exact) mass is 562 g/mol. The summed E-state index contributed by atoms with van der Waals surface area (Å²) in [4.78, 5) is 39.8. The van der Waals surface area contributed by atoms with E-state index in [1.54, 1.807) is 0 Å². The van der Waals surface area contributed by atoms with Gasteiger partial charge >= 0.3 is 23.8 Å². The van der Waals surface area contributed by atoms with Gasteiger partial charge in [0.25, 0.3) is 0 Å². The number of hydrogen-bond donors (Lipinski definition) is 1. The zero-order valence-electron chi connectivity index (χ0n) is 21.9. The summed E-state index contributed by atoms with van der Waals surface area (Å²) in [5, 5.41) is 6.38. The summed E-state index contributed by atoms with van der Waals surface area (Å²) >= 11 is 0. The predicted molar refractivity (Wildman–Crippen MR) is 134 cm³/mol. The van der Waals surface area contributed by atoms with Crippen LogP contribution in [0.4, 0.5) is 24.8 Å². The van der Waals surface area contributed by atoms with Gasteiger partial charge in [-0.2, -0.15) is 13.2 Å². The Labute approximate surface area is 225 Å². The molecule has 1 N–H and O–H groups in total. The molecule has 2 heterocycles. The van der Waals surface area contributed by atoms with Crippen molar-refractivity contribution in [2.75, 3.05) is 39.4 Å². The van der Waals surface area contributed by atoms with Crippen molar-refractivity contribution in [1.29, 1.82) is 0 Å². The van der Waals surface area contributed by atoms with E-state index in [9.17, 15) is 27.6 Å². The lowest BCUT2D eigenvalue weighted by atomic mass is 9.92. The Kier molecular flexibility index (Phi) is 8.00. The fourth-order valence-corrected chi connectivity index (χ4v) is 4.44. The van der Waals surface area contributed by atoms with E-state index in [1.165, 1.54) is 56.4 Å². The van der Waals surface area contributed by atoms with E-state index in [1.807, 2.05) is 0 Å². The van der Waals surface area contributed by atoms with E-state index in [2.05, 4.69) is 10.2 Å². The number of methoxy groups -OCH3 is 3. The molecule has 0 saturated heterocycles. The predicted octanol–water partition coefficient (Wildman–Crippen LogP) is 3.59. The fraction of sp³-hybridized carbons (Fsp3) is 0.308. The van der Waals surface area contributed by atoms with Crippen molar-refractivity contribution >= 4 is 23.6 Å². The molecule has 3 aromatic rings. The number of aromatic nitrogens is 3. The summed E-state index contributed by atoms with van der Waals surface area (Å²) < 4.78 is 62.4. The number of nitrogens with one attached hydrogen (secondary N) is 1. The summed E-state index contributed by atoms with van der Waals surface area (Å²) in [5.41, 5.74) is -1.19. The van der Waals surface area contributed by atoms with Crippen LogP contribution in [-0.2, 0) is 25.2 Å². The van der Waals surface area contributed by atoms with Crippen LogP contribution >= 0.6 is 0 Å². The van der Waals surface area contributed by atoms with E-state index in [0.717, 1.165) is 23.8 Å². The summed E-state index contributed by atoms with van der Waals surface area (Å²) in [6.45, 7) is 1.74. The van der Waals surface area contributed by atoms with Crippen LogP contribution in [0.1, 0.15) is 34.5 Å². The second kappa shape index (κ2) is 11.3. The van der Waals surface area contributed by atoms with Crippen LogP contribution in [0.5, 0.6) is 5.75 Å². The molecule has 1 atom stereocenters. The Morgan fingerprint density at radius 1 is 1.02 bits per heavy atom. The van der Waals surface area contributed by atoms with E-state index < -0.39 is 35.4 Å². The molecule has 0 radical (unpaired) electrons. The maximum atomic E-state index is 13.5. The van der Waals surface area contributed by atoms with Crippen LogP contribution in [0.15, 0.2) is 58.5 Å².